The third-order valence-corrected chi connectivity index (χ3v) is 16.9. The lowest BCUT2D eigenvalue weighted by molar-refractivity contribution is 0.406. The molecule has 12 rings (SSSR count). The highest BCUT2D eigenvalue weighted by Crippen LogP contribution is 2.72. The lowest BCUT2D eigenvalue weighted by Crippen LogP contribution is -2.71. The highest BCUT2D eigenvalue weighted by molar-refractivity contribution is 6.88. The van der Waals surface area contributed by atoms with Gasteiger partial charge in [0.1, 0.15) is 0 Å². The molecule has 4 unspecified atom stereocenters. The number of hydrogen-bond acceptors (Lipinski definition) is 2. The summed E-state index contributed by atoms with van der Waals surface area (Å²) in [6, 6.07) is 52.2. The predicted octanol–water partition coefficient (Wildman–Crippen LogP) is 14.8. The van der Waals surface area contributed by atoms with E-state index in [0.717, 1.165) is 12.8 Å². The van der Waals surface area contributed by atoms with Gasteiger partial charge in [-0.15, -0.1) is 0 Å². The van der Waals surface area contributed by atoms with Crippen LogP contribution < -0.4 is 15.2 Å². The summed E-state index contributed by atoms with van der Waals surface area (Å²) >= 11 is 0. The maximum absolute atomic E-state index is 2.91. The third-order valence-electron chi connectivity index (χ3n) is 16.9. The Morgan fingerprint density at radius 3 is 2.00 bits per heavy atom. The summed E-state index contributed by atoms with van der Waals surface area (Å²) in [6.07, 6.45) is 12.1. The summed E-state index contributed by atoms with van der Waals surface area (Å²) in [5.74, 6) is 0.272. The quantitative estimate of drug-likeness (QED) is 0.111. The van der Waals surface area contributed by atoms with Crippen molar-refractivity contribution in [2.75, 3.05) is 9.71 Å². The van der Waals surface area contributed by atoms with Crippen molar-refractivity contribution in [3.63, 3.8) is 0 Å². The van der Waals surface area contributed by atoms with Crippen molar-refractivity contribution in [1.29, 1.82) is 0 Å². The smallest absolute Gasteiger partial charge is 0.329 e. The predicted molar refractivity (Wildman–Crippen MR) is 272 cm³/mol. The van der Waals surface area contributed by atoms with Crippen molar-refractivity contribution in [3.8, 4) is 22.3 Å². The van der Waals surface area contributed by atoms with Crippen LogP contribution in [0.3, 0.4) is 0 Å². The number of unbranched alkanes of at least 4 members (excludes halogenated alkanes) is 2. The molecule has 6 aliphatic rings. The van der Waals surface area contributed by atoms with Crippen LogP contribution in [-0.2, 0) is 29.1 Å². The van der Waals surface area contributed by atoms with Crippen molar-refractivity contribution in [1.82, 2.24) is 0 Å². The van der Waals surface area contributed by atoms with Crippen molar-refractivity contribution in [2.45, 2.75) is 116 Å². The standard InChI is InChI=1S/C61H61BN2/c1-9-11-21-40-29-32-50-49(36-40)59(6)34-33-39(3)53-55(59)61(8)57(56-58(4,5)47-27-19-20-28-48(47)60(53,56)7)62-54-46(35-41(22-12-10-2)37-52(54)63(50)61)45-31-30-43(42-23-15-13-16-24-42)38-51(45)64(62)44-25-17-14-18-26-44/h13-20,23-39H,9-12,21-22H2,1-8H3. The topological polar surface area (TPSA) is 6.48 Å². The maximum atomic E-state index is 2.91. The number of rotatable bonds is 8. The molecule has 6 aromatic rings. The van der Waals surface area contributed by atoms with Crippen LogP contribution in [0.4, 0.5) is 22.7 Å². The Kier molecular flexibility index (Phi) is 8.61. The van der Waals surface area contributed by atoms with Crippen LogP contribution in [0.25, 0.3) is 22.3 Å². The molecule has 0 bridgehead atoms. The number of anilines is 4. The lowest BCUT2D eigenvalue weighted by atomic mass is 9.32. The molecule has 0 fully saturated rings. The van der Waals surface area contributed by atoms with Gasteiger partial charge >= 0.3 is 6.85 Å². The van der Waals surface area contributed by atoms with Gasteiger partial charge in [0.05, 0.1) is 5.54 Å². The molecule has 4 atom stereocenters. The van der Waals surface area contributed by atoms with E-state index in [4.69, 9.17) is 0 Å². The lowest BCUT2D eigenvalue weighted by Gasteiger charge is -2.66. The van der Waals surface area contributed by atoms with Gasteiger partial charge in [-0.05, 0) is 149 Å². The molecule has 0 saturated heterocycles. The molecule has 6 aromatic carbocycles. The van der Waals surface area contributed by atoms with Gasteiger partial charge in [-0.2, -0.15) is 0 Å². The van der Waals surface area contributed by atoms with Crippen LogP contribution in [0.2, 0.25) is 0 Å². The zero-order valence-electron chi connectivity index (χ0n) is 39.1. The molecule has 3 aliphatic heterocycles. The van der Waals surface area contributed by atoms with Gasteiger partial charge in [0, 0.05) is 44.6 Å². The minimum Gasteiger partial charge on any atom is -0.377 e. The van der Waals surface area contributed by atoms with Crippen LogP contribution in [0.1, 0.15) is 109 Å². The summed E-state index contributed by atoms with van der Waals surface area (Å²) in [6.45, 7) is 20.1. The third kappa shape index (κ3) is 4.99. The summed E-state index contributed by atoms with van der Waals surface area (Å²) in [4.78, 5) is 5.70. The fourth-order valence-corrected chi connectivity index (χ4v) is 14.4. The zero-order chi connectivity index (χ0) is 43.9. The first kappa shape index (κ1) is 39.8. The first-order chi connectivity index (χ1) is 31.0. The second-order valence-corrected chi connectivity index (χ2v) is 21.0. The molecule has 318 valence electrons. The van der Waals surface area contributed by atoms with E-state index < -0.39 is 5.54 Å². The van der Waals surface area contributed by atoms with Crippen molar-refractivity contribution < 1.29 is 0 Å². The number of benzene rings is 6. The van der Waals surface area contributed by atoms with Crippen LogP contribution in [0.5, 0.6) is 0 Å². The molecule has 0 N–H and O–H groups in total. The normalized spacial score (nSPS) is 24.8. The minimum atomic E-state index is -0.477. The molecule has 2 nitrogen and oxygen atoms in total. The molecular weight excluding hydrogens is 771 g/mol. The van der Waals surface area contributed by atoms with Crippen LogP contribution >= 0.6 is 0 Å². The number of fused-ring (bicyclic) bond motifs is 11. The molecule has 64 heavy (non-hydrogen) atoms. The van der Waals surface area contributed by atoms with E-state index in [1.807, 2.05) is 0 Å². The molecule has 3 heteroatoms. The first-order valence-electron chi connectivity index (χ1n) is 24.4. The molecule has 0 radical (unpaired) electrons. The summed E-state index contributed by atoms with van der Waals surface area (Å²) in [5, 5.41) is 0. The number of allylic oxidation sites excluding steroid dienone is 4. The van der Waals surface area contributed by atoms with Gasteiger partial charge in [0.15, 0.2) is 0 Å². The zero-order valence-corrected chi connectivity index (χ0v) is 39.1. The Balaban J connectivity index is 1.29. The largest absolute Gasteiger partial charge is 0.377 e. The van der Waals surface area contributed by atoms with E-state index in [1.54, 1.807) is 22.2 Å². The van der Waals surface area contributed by atoms with E-state index in [-0.39, 0.29) is 29.0 Å². The molecule has 3 heterocycles. The molecule has 0 amide bonds. The van der Waals surface area contributed by atoms with Gasteiger partial charge in [-0.25, -0.2) is 0 Å². The van der Waals surface area contributed by atoms with Gasteiger partial charge < -0.3 is 9.71 Å². The summed E-state index contributed by atoms with van der Waals surface area (Å²) < 4.78 is 0. The Labute approximate surface area is 382 Å². The van der Waals surface area contributed by atoms with E-state index in [0.29, 0.717) is 0 Å². The van der Waals surface area contributed by atoms with Crippen LogP contribution in [0, 0.1) is 5.92 Å². The second-order valence-electron chi connectivity index (χ2n) is 21.0. The average molecular weight is 833 g/mol. The monoisotopic (exact) mass is 832 g/mol. The average Bonchev–Trinajstić information content (AvgIpc) is 3.50. The maximum Gasteiger partial charge on any atom is 0.329 e. The molecule has 0 aromatic heterocycles. The van der Waals surface area contributed by atoms with Crippen molar-refractivity contribution in [2.24, 2.45) is 5.92 Å². The molecule has 0 spiro atoms. The second kappa shape index (κ2) is 13.9. The molecule has 0 saturated carbocycles. The first-order valence-corrected chi connectivity index (χ1v) is 24.4. The van der Waals surface area contributed by atoms with Crippen molar-refractivity contribution in [3.05, 3.63) is 196 Å². The van der Waals surface area contributed by atoms with Gasteiger partial charge in [0.2, 0.25) is 0 Å². The Bertz CT molecular complexity index is 3030. The molecular formula is C61H61BN2. The highest BCUT2D eigenvalue weighted by atomic mass is 15.3. The van der Waals surface area contributed by atoms with E-state index in [1.165, 1.54) is 104 Å². The summed E-state index contributed by atoms with van der Waals surface area (Å²) in [7, 11) is 0. The Hall–Kier alpha value is -5.80. The van der Waals surface area contributed by atoms with Gasteiger partial charge in [0.25, 0.3) is 0 Å². The number of hydrogen-bond donors (Lipinski definition) is 0. The van der Waals surface area contributed by atoms with Crippen LogP contribution in [-0.4, -0.2) is 12.4 Å². The fraction of sp³-hybridized carbons (Fsp3) is 0.311. The van der Waals surface area contributed by atoms with E-state index in [9.17, 15) is 0 Å². The minimum absolute atomic E-state index is 0.0554. The van der Waals surface area contributed by atoms with Crippen LogP contribution in [0.15, 0.2) is 168 Å². The fourth-order valence-electron chi connectivity index (χ4n) is 14.4. The van der Waals surface area contributed by atoms with Crippen molar-refractivity contribution >= 4 is 35.1 Å². The highest BCUT2D eigenvalue weighted by Gasteiger charge is 2.69. The number of aryl methyl sites for hydroxylation is 2. The van der Waals surface area contributed by atoms with Gasteiger partial charge in [-0.1, -0.05) is 168 Å². The van der Waals surface area contributed by atoms with E-state index in [2.05, 4.69) is 211 Å². The number of nitrogens with zero attached hydrogens (tertiary/aromatic N) is 2. The Morgan fingerprint density at radius 2 is 1.27 bits per heavy atom. The summed E-state index contributed by atoms with van der Waals surface area (Å²) in [5.41, 5.74) is 24.3. The van der Waals surface area contributed by atoms with E-state index >= 15 is 0 Å². The Morgan fingerprint density at radius 1 is 0.578 bits per heavy atom. The number of para-hydroxylation sites is 1. The molecule has 3 aliphatic carbocycles. The van der Waals surface area contributed by atoms with Gasteiger partial charge in [-0.3, -0.25) is 0 Å². The SMILES string of the molecule is CCCCc1cc2c3c(c1)N1c4ccc(CCCC)cc4C4(C)C=CC(C)C5=C4C1(C)C(=C1C(C)(C)c4ccccc4C51C)B3N(c1ccccc1)c1cc(-c3ccccc3)ccc1-2.